The van der Waals surface area contributed by atoms with Crippen molar-refractivity contribution in [2.45, 2.75) is 30.2 Å². The van der Waals surface area contributed by atoms with Gasteiger partial charge in [0.05, 0.1) is 17.0 Å². The first-order chi connectivity index (χ1) is 16.0. The van der Waals surface area contributed by atoms with Crippen molar-refractivity contribution < 1.29 is 19.4 Å². The fraction of sp³-hybridized carbons (Fsp3) is 0.222. The number of hydrogen-bond acceptors (Lipinski definition) is 4. The molecule has 2 aliphatic rings. The van der Waals surface area contributed by atoms with Crippen molar-refractivity contribution in [2.75, 3.05) is 6.61 Å². The number of rotatable bonds is 5. The maximum absolute atomic E-state index is 12.5. The Hall–Kier alpha value is -4.11. The van der Waals surface area contributed by atoms with E-state index in [2.05, 4.69) is 29.6 Å². The summed E-state index contributed by atoms with van der Waals surface area (Å²) in [6.45, 7) is 0.215. The number of fused-ring (bicyclic) bond motifs is 3. The van der Waals surface area contributed by atoms with Crippen molar-refractivity contribution in [3.05, 3.63) is 95.1 Å². The van der Waals surface area contributed by atoms with E-state index in [-0.39, 0.29) is 31.4 Å². The minimum atomic E-state index is -1.06. The van der Waals surface area contributed by atoms with Crippen molar-refractivity contribution >= 4 is 12.1 Å². The third kappa shape index (κ3) is 3.52. The standard InChI is InChI=1S/C27H22N2O4/c28-15-17-9-11-18(12-10-17)27(25(30)31)13-19(14-27)29-26(32)33-16-24-22-7-3-1-5-20(22)21-6-2-4-8-23(21)24/h1-12,19,24H,13-14,16H2,(H,29,32)(H,30,31). The van der Waals surface area contributed by atoms with Crippen LogP contribution in [0.2, 0.25) is 0 Å². The molecule has 0 spiro atoms. The molecule has 2 aliphatic carbocycles. The first-order valence-corrected chi connectivity index (χ1v) is 10.9. The third-order valence-electron chi connectivity index (χ3n) is 6.83. The van der Waals surface area contributed by atoms with E-state index in [1.165, 1.54) is 0 Å². The summed E-state index contributed by atoms with van der Waals surface area (Å²) >= 11 is 0. The predicted molar refractivity (Wildman–Crippen MR) is 122 cm³/mol. The second kappa shape index (κ2) is 8.10. The van der Waals surface area contributed by atoms with Gasteiger partial charge < -0.3 is 15.2 Å². The molecular weight excluding hydrogens is 416 g/mol. The Bertz CT molecular complexity index is 1220. The van der Waals surface area contributed by atoms with Crippen molar-refractivity contribution in [1.82, 2.24) is 5.32 Å². The van der Waals surface area contributed by atoms with Gasteiger partial charge in [0.1, 0.15) is 6.61 Å². The second-order valence-electron chi connectivity index (χ2n) is 8.65. The van der Waals surface area contributed by atoms with E-state index < -0.39 is 17.5 Å². The van der Waals surface area contributed by atoms with E-state index in [1.54, 1.807) is 24.3 Å². The molecule has 2 N–H and O–H groups in total. The zero-order chi connectivity index (χ0) is 23.0. The fourth-order valence-corrected chi connectivity index (χ4v) is 5.09. The topological polar surface area (TPSA) is 99.4 Å². The molecule has 1 saturated carbocycles. The van der Waals surface area contributed by atoms with Gasteiger partial charge in [-0.15, -0.1) is 0 Å². The molecule has 0 bridgehead atoms. The van der Waals surface area contributed by atoms with Gasteiger partial charge in [-0.25, -0.2) is 4.79 Å². The maximum Gasteiger partial charge on any atom is 0.407 e. The molecule has 6 nitrogen and oxygen atoms in total. The van der Waals surface area contributed by atoms with Crippen LogP contribution in [0.3, 0.4) is 0 Å². The molecule has 0 saturated heterocycles. The van der Waals surface area contributed by atoms with Crippen LogP contribution in [0, 0.1) is 11.3 Å². The Morgan fingerprint density at radius 1 is 0.970 bits per heavy atom. The summed E-state index contributed by atoms with van der Waals surface area (Å²) < 4.78 is 5.58. The Morgan fingerprint density at radius 3 is 2.09 bits per heavy atom. The Balaban J connectivity index is 1.22. The first-order valence-electron chi connectivity index (χ1n) is 10.9. The van der Waals surface area contributed by atoms with E-state index >= 15 is 0 Å². The number of carboxylic acid groups (broad SMARTS) is 1. The van der Waals surface area contributed by atoms with Gasteiger partial charge in [0.25, 0.3) is 0 Å². The lowest BCUT2D eigenvalue weighted by atomic mass is 9.61. The van der Waals surface area contributed by atoms with Gasteiger partial charge in [-0.2, -0.15) is 5.26 Å². The van der Waals surface area contributed by atoms with Crippen LogP contribution in [0.1, 0.15) is 41.0 Å². The lowest BCUT2D eigenvalue weighted by Crippen LogP contribution is -2.57. The molecule has 0 atom stereocenters. The molecular formula is C27H22N2O4. The number of aliphatic carboxylic acids is 1. The smallest absolute Gasteiger partial charge is 0.407 e. The second-order valence-corrected chi connectivity index (χ2v) is 8.65. The minimum Gasteiger partial charge on any atom is -0.481 e. The maximum atomic E-state index is 12.5. The van der Waals surface area contributed by atoms with E-state index in [0.717, 1.165) is 22.3 Å². The predicted octanol–water partition coefficient (Wildman–Crippen LogP) is 4.58. The summed E-state index contributed by atoms with van der Waals surface area (Å²) in [6.07, 6.45) is 0.0114. The van der Waals surface area contributed by atoms with Crippen molar-refractivity contribution in [3.63, 3.8) is 0 Å². The molecule has 0 aromatic heterocycles. The van der Waals surface area contributed by atoms with E-state index in [4.69, 9.17) is 10.00 Å². The highest BCUT2D eigenvalue weighted by Gasteiger charge is 2.52. The monoisotopic (exact) mass is 438 g/mol. The quantitative estimate of drug-likeness (QED) is 0.607. The number of alkyl carbamates (subject to hydrolysis) is 1. The number of hydrogen-bond donors (Lipinski definition) is 2. The summed E-state index contributed by atoms with van der Waals surface area (Å²) in [6, 6.07) is 24.6. The number of nitrogens with zero attached hydrogens (tertiary/aromatic N) is 1. The molecule has 6 heteroatoms. The summed E-state index contributed by atoms with van der Waals surface area (Å²) in [5.41, 5.74) is 4.66. The van der Waals surface area contributed by atoms with Gasteiger partial charge in [0.15, 0.2) is 0 Å². The average molecular weight is 438 g/mol. The van der Waals surface area contributed by atoms with Gasteiger partial charge in [-0.3, -0.25) is 4.79 Å². The molecule has 0 unspecified atom stereocenters. The zero-order valence-electron chi connectivity index (χ0n) is 17.8. The molecule has 0 heterocycles. The highest BCUT2D eigenvalue weighted by molar-refractivity contribution is 5.84. The number of carboxylic acids is 1. The number of nitriles is 1. The number of carbonyl (C=O) groups is 2. The van der Waals surface area contributed by atoms with Crippen LogP contribution in [0.15, 0.2) is 72.8 Å². The van der Waals surface area contributed by atoms with Gasteiger partial charge in [0.2, 0.25) is 0 Å². The lowest BCUT2D eigenvalue weighted by Gasteiger charge is -2.44. The number of benzene rings is 3. The summed E-state index contributed by atoms with van der Waals surface area (Å²) in [5, 5.41) is 21.6. The van der Waals surface area contributed by atoms with Gasteiger partial charge >= 0.3 is 12.1 Å². The van der Waals surface area contributed by atoms with Gasteiger partial charge in [-0.1, -0.05) is 60.7 Å². The van der Waals surface area contributed by atoms with Gasteiger partial charge in [0, 0.05) is 12.0 Å². The molecule has 164 valence electrons. The van der Waals surface area contributed by atoms with Crippen LogP contribution in [-0.4, -0.2) is 29.8 Å². The van der Waals surface area contributed by atoms with Crippen LogP contribution in [0.4, 0.5) is 4.79 Å². The Labute approximate surface area is 191 Å². The summed E-state index contributed by atoms with van der Waals surface area (Å²) in [4.78, 5) is 24.5. The van der Waals surface area contributed by atoms with Crippen LogP contribution in [-0.2, 0) is 14.9 Å². The lowest BCUT2D eigenvalue weighted by molar-refractivity contribution is -0.148. The van der Waals surface area contributed by atoms with Crippen LogP contribution >= 0.6 is 0 Å². The van der Waals surface area contributed by atoms with Crippen molar-refractivity contribution in [3.8, 4) is 17.2 Å². The Morgan fingerprint density at radius 2 is 1.55 bits per heavy atom. The Kier molecular flexibility index (Phi) is 5.10. The van der Waals surface area contributed by atoms with Crippen molar-refractivity contribution in [2.24, 2.45) is 0 Å². The van der Waals surface area contributed by atoms with E-state index in [1.807, 2.05) is 30.3 Å². The molecule has 33 heavy (non-hydrogen) atoms. The highest BCUT2D eigenvalue weighted by atomic mass is 16.5. The van der Waals surface area contributed by atoms with Gasteiger partial charge in [-0.05, 0) is 52.8 Å². The molecule has 0 aliphatic heterocycles. The van der Waals surface area contributed by atoms with Crippen LogP contribution in [0.5, 0.6) is 0 Å². The molecule has 1 fully saturated rings. The summed E-state index contributed by atoms with van der Waals surface area (Å²) in [5.74, 6) is -0.959. The molecule has 3 aromatic rings. The average Bonchev–Trinajstić information content (AvgIpc) is 3.13. The first kappa shape index (κ1) is 20.8. The molecule has 1 amide bonds. The van der Waals surface area contributed by atoms with Crippen LogP contribution in [0.25, 0.3) is 11.1 Å². The third-order valence-corrected chi connectivity index (χ3v) is 6.83. The molecule has 0 radical (unpaired) electrons. The number of ether oxygens (including phenoxy) is 1. The molecule has 5 rings (SSSR count). The number of carbonyl (C=O) groups excluding carboxylic acids is 1. The van der Waals surface area contributed by atoms with E-state index in [0.29, 0.717) is 11.1 Å². The van der Waals surface area contributed by atoms with Crippen LogP contribution < -0.4 is 5.32 Å². The summed E-state index contributed by atoms with van der Waals surface area (Å²) in [7, 11) is 0. The normalized spacial score (nSPS) is 20.6. The largest absolute Gasteiger partial charge is 0.481 e. The zero-order valence-corrected chi connectivity index (χ0v) is 17.8. The SMILES string of the molecule is N#Cc1ccc(C2(C(=O)O)CC(NC(=O)OCC3c4ccccc4-c4ccccc43)C2)cc1. The highest BCUT2D eigenvalue weighted by Crippen LogP contribution is 2.45. The molecule has 3 aromatic carbocycles. The van der Waals surface area contributed by atoms with E-state index in [9.17, 15) is 14.7 Å². The number of nitrogens with one attached hydrogen (secondary N) is 1. The number of amides is 1. The fourth-order valence-electron chi connectivity index (χ4n) is 5.09. The van der Waals surface area contributed by atoms with Crippen molar-refractivity contribution in [1.29, 1.82) is 5.26 Å². The minimum absolute atomic E-state index is 0.0266.